The van der Waals surface area contributed by atoms with Crippen LogP contribution < -0.4 is 15.4 Å². The molecule has 2 aromatic carbocycles. The quantitative estimate of drug-likeness (QED) is 0.744. The van der Waals surface area contributed by atoms with Crippen LogP contribution >= 0.6 is 0 Å². The number of hydrogen-bond donors (Lipinski definition) is 1. The Morgan fingerprint density at radius 3 is 2.81 bits per heavy atom. The van der Waals surface area contributed by atoms with Crippen molar-refractivity contribution in [2.75, 3.05) is 24.6 Å². The van der Waals surface area contributed by atoms with Crippen molar-refractivity contribution in [3.05, 3.63) is 64.6 Å². The van der Waals surface area contributed by atoms with Gasteiger partial charge < -0.3 is 14.7 Å². The summed E-state index contributed by atoms with van der Waals surface area (Å²) in [6, 6.07) is 15.3. The highest BCUT2D eigenvalue weighted by Gasteiger charge is 2.22. The van der Waals surface area contributed by atoms with Crippen molar-refractivity contribution < 1.29 is 14.4 Å². The number of aliphatic hydroxyl groups is 1. The summed E-state index contributed by atoms with van der Waals surface area (Å²) < 4.78 is 11.9. The zero-order valence-electron chi connectivity index (χ0n) is 15.0. The van der Waals surface area contributed by atoms with Crippen LogP contribution in [0.25, 0.3) is 11.4 Å². The van der Waals surface area contributed by atoms with Gasteiger partial charge in [-0.1, -0.05) is 41.6 Å². The van der Waals surface area contributed by atoms with E-state index in [1.807, 2.05) is 55.5 Å². The van der Waals surface area contributed by atoms with Crippen LogP contribution in [0.15, 0.2) is 57.8 Å². The number of aliphatic hydroxyl groups excluding tert-OH is 1. The Labute approximate surface area is 156 Å². The van der Waals surface area contributed by atoms with Gasteiger partial charge in [0.15, 0.2) is 5.82 Å². The van der Waals surface area contributed by atoms with Gasteiger partial charge in [0.1, 0.15) is 12.4 Å². The molecule has 1 aliphatic rings. The number of β-amino-alcohol motifs (C(OH)–C–C–N with tert-alkyl or cyclic N) is 1. The van der Waals surface area contributed by atoms with Crippen LogP contribution in [0.1, 0.15) is 5.56 Å². The van der Waals surface area contributed by atoms with Crippen LogP contribution in [0.5, 0.6) is 5.75 Å². The van der Waals surface area contributed by atoms with E-state index in [4.69, 9.17) is 9.26 Å². The molecule has 27 heavy (non-hydrogen) atoms. The molecule has 0 spiro atoms. The first-order chi connectivity index (χ1) is 13.1. The highest BCUT2D eigenvalue weighted by atomic mass is 16.5. The maximum atomic E-state index is 12.1. The first kappa shape index (κ1) is 17.4. The summed E-state index contributed by atoms with van der Waals surface area (Å²) in [5, 5.41) is 14.5. The monoisotopic (exact) mass is 367 g/mol. The Morgan fingerprint density at radius 1 is 1.19 bits per heavy atom. The molecule has 7 nitrogen and oxygen atoms in total. The second-order valence-electron chi connectivity index (χ2n) is 6.67. The lowest BCUT2D eigenvalue weighted by Gasteiger charge is -2.33. The van der Waals surface area contributed by atoms with E-state index in [1.54, 1.807) is 0 Å². The molecule has 0 saturated heterocycles. The summed E-state index contributed by atoms with van der Waals surface area (Å²) in [6.45, 7) is 3.74. The van der Waals surface area contributed by atoms with Crippen molar-refractivity contribution in [1.29, 1.82) is 0 Å². The van der Waals surface area contributed by atoms with Crippen molar-refractivity contribution >= 4 is 5.69 Å². The van der Waals surface area contributed by atoms with E-state index < -0.39 is 11.9 Å². The Balaban J connectivity index is 1.53. The second kappa shape index (κ2) is 7.28. The standard InChI is InChI=1S/C20H21N3O4/c1-14-7-8-17-18(11-14)26-10-9-22(17)12-16(24)13-23-19(21-27-20(23)25)15-5-3-2-4-6-15/h2-8,11,16,24H,9-10,12-13H2,1H3/t16-/m1/s1. The van der Waals surface area contributed by atoms with Gasteiger partial charge in [0.2, 0.25) is 0 Å². The lowest BCUT2D eigenvalue weighted by molar-refractivity contribution is 0.153. The number of rotatable bonds is 5. The fraction of sp³-hybridized carbons (Fsp3) is 0.300. The minimum absolute atomic E-state index is 0.102. The fourth-order valence-corrected chi connectivity index (χ4v) is 3.32. The Morgan fingerprint density at radius 2 is 2.00 bits per heavy atom. The molecular formula is C20H21N3O4. The molecule has 3 aromatic rings. The predicted octanol–water partition coefficient (Wildman–Crippen LogP) is 2.07. The Kier molecular flexibility index (Phi) is 4.68. The zero-order valence-corrected chi connectivity index (χ0v) is 15.0. The van der Waals surface area contributed by atoms with E-state index in [2.05, 4.69) is 10.1 Å². The van der Waals surface area contributed by atoms with Crippen LogP contribution in [0, 0.1) is 6.92 Å². The van der Waals surface area contributed by atoms with Gasteiger partial charge in [-0.25, -0.2) is 4.79 Å². The first-order valence-electron chi connectivity index (χ1n) is 8.90. The maximum Gasteiger partial charge on any atom is 0.441 e. The molecule has 0 fully saturated rings. The molecule has 7 heteroatoms. The van der Waals surface area contributed by atoms with Gasteiger partial charge >= 0.3 is 5.76 Å². The van der Waals surface area contributed by atoms with Crippen molar-refractivity contribution in [1.82, 2.24) is 9.72 Å². The third-order valence-electron chi connectivity index (χ3n) is 4.62. The van der Waals surface area contributed by atoms with Gasteiger partial charge in [-0.05, 0) is 24.6 Å². The average Bonchev–Trinajstić information content (AvgIpc) is 3.03. The van der Waals surface area contributed by atoms with Gasteiger partial charge in [-0.3, -0.25) is 9.09 Å². The summed E-state index contributed by atoms with van der Waals surface area (Å²) in [4.78, 5) is 14.1. The molecule has 140 valence electrons. The van der Waals surface area contributed by atoms with Crippen molar-refractivity contribution in [3.8, 4) is 17.1 Å². The molecule has 0 saturated carbocycles. The summed E-state index contributed by atoms with van der Waals surface area (Å²) in [6.07, 6.45) is -0.767. The summed E-state index contributed by atoms with van der Waals surface area (Å²) in [5.74, 6) is 0.657. The number of anilines is 1. The van der Waals surface area contributed by atoms with Gasteiger partial charge in [-0.2, -0.15) is 0 Å². The molecule has 0 unspecified atom stereocenters. The van der Waals surface area contributed by atoms with Crippen molar-refractivity contribution in [2.24, 2.45) is 0 Å². The number of benzene rings is 2. The first-order valence-corrected chi connectivity index (χ1v) is 8.90. The SMILES string of the molecule is Cc1ccc2c(c1)OCCN2C[C@@H](O)Cn1c(-c2ccccc2)noc1=O. The zero-order chi connectivity index (χ0) is 18.8. The minimum Gasteiger partial charge on any atom is -0.490 e. The molecule has 1 atom stereocenters. The summed E-state index contributed by atoms with van der Waals surface area (Å²) in [7, 11) is 0. The molecule has 0 bridgehead atoms. The minimum atomic E-state index is -0.767. The lowest BCUT2D eigenvalue weighted by atomic mass is 10.1. The number of nitrogens with zero attached hydrogens (tertiary/aromatic N) is 3. The molecule has 0 radical (unpaired) electrons. The topological polar surface area (TPSA) is 80.7 Å². The smallest absolute Gasteiger partial charge is 0.441 e. The van der Waals surface area contributed by atoms with E-state index in [0.29, 0.717) is 25.5 Å². The van der Waals surface area contributed by atoms with Crippen LogP contribution in [0.4, 0.5) is 5.69 Å². The number of aryl methyl sites for hydroxylation is 1. The Hall–Kier alpha value is -3.06. The third kappa shape index (κ3) is 3.59. The molecule has 0 aliphatic carbocycles. The molecule has 1 N–H and O–H groups in total. The molecule has 1 aromatic heterocycles. The molecule has 0 amide bonds. The van der Waals surface area contributed by atoms with E-state index in [0.717, 1.165) is 22.6 Å². The van der Waals surface area contributed by atoms with Crippen LogP contribution in [0.2, 0.25) is 0 Å². The second-order valence-corrected chi connectivity index (χ2v) is 6.67. The highest BCUT2D eigenvalue weighted by Crippen LogP contribution is 2.32. The Bertz CT molecular complexity index is 980. The van der Waals surface area contributed by atoms with E-state index in [1.165, 1.54) is 4.57 Å². The third-order valence-corrected chi connectivity index (χ3v) is 4.62. The number of hydrogen-bond acceptors (Lipinski definition) is 6. The van der Waals surface area contributed by atoms with Gasteiger partial charge in [0.05, 0.1) is 24.9 Å². The summed E-state index contributed by atoms with van der Waals surface area (Å²) in [5.41, 5.74) is 2.84. The number of ether oxygens (including phenoxy) is 1. The molecular weight excluding hydrogens is 346 g/mol. The molecule has 1 aliphatic heterocycles. The molecule has 4 rings (SSSR count). The van der Waals surface area contributed by atoms with Gasteiger partial charge in [-0.15, -0.1) is 0 Å². The number of fused-ring (bicyclic) bond motifs is 1. The maximum absolute atomic E-state index is 12.1. The fourth-order valence-electron chi connectivity index (χ4n) is 3.32. The van der Waals surface area contributed by atoms with E-state index in [-0.39, 0.29) is 6.54 Å². The molecule has 2 heterocycles. The van der Waals surface area contributed by atoms with Crippen LogP contribution in [-0.4, -0.2) is 40.6 Å². The van der Waals surface area contributed by atoms with Crippen molar-refractivity contribution in [2.45, 2.75) is 19.6 Å². The average molecular weight is 367 g/mol. The van der Waals surface area contributed by atoms with Crippen molar-refractivity contribution in [3.63, 3.8) is 0 Å². The summed E-state index contributed by atoms with van der Waals surface area (Å²) >= 11 is 0. The number of aromatic nitrogens is 2. The van der Waals surface area contributed by atoms with E-state index in [9.17, 15) is 9.90 Å². The van der Waals surface area contributed by atoms with Crippen LogP contribution in [-0.2, 0) is 6.54 Å². The van der Waals surface area contributed by atoms with Crippen LogP contribution in [0.3, 0.4) is 0 Å². The highest BCUT2D eigenvalue weighted by molar-refractivity contribution is 5.61. The van der Waals surface area contributed by atoms with E-state index >= 15 is 0 Å². The lowest BCUT2D eigenvalue weighted by Crippen LogP contribution is -2.40. The van der Waals surface area contributed by atoms with Gasteiger partial charge in [0.25, 0.3) is 0 Å². The normalized spacial score (nSPS) is 14.5. The largest absolute Gasteiger partial charge is 0.490 e. The van der Waals surface area contributed by atoms with Gasteiger partial charge in [0, 0.05) is 12.1 Å². The predicted molar refractivity (Wildman–Crippen MR) is 101 cm³/mol.